The van der Waals surface area contributed by atoms with Crippen molar-refractivity contribution >= 4 is 0 Å². The fourth-order valence-corrected chi connectivity index (χ4v) is 0.545. The van der Waals surface area contributed by atoms with Gasteiger partial charge in [-0.1, -0.05) is 0 Å². The zero-order valence-corrected chi connectivity index (χ0v) is 7.05. The van der Waals surface area contributed by atoms with Crippen LogP contribution in [-0.4, -0.2) is 11.1 Å². The van der Waals surface area contributed by atoms with Gasteiger partial charge in [0, 0.05) is 11.6 Å². The number of hydrogen-bond acceptors (Lipinski definition) is 2. The quantitative estimate of drug-likeness (QED) is 0.386. The van der Waals surface area contributed by atoms with Crippen molar-refractivity contribution in [1.29, 1.82) is 0 Å². The maximum absolute atomic E-state index is 11.9. The second-order valence-electron chi connectivity index (χ2n) is 2.30. The molecule has 0 bridgehead atoms. The van der Waals surface area contributed by atoms with Crippen LogP contribution in [0.3, 0.4) is 0 Å². The first-order chi connectivity index (χ1) is 5.79. The maximum atomic E-state index is 11.9. The molecule has 3 nitrogen and oxygen atoms in total. The first-order valence-electron chi connectivity index (χ1n) is 3.35. The zero-order chi connectivity index (χ0) is 10.6. The van der Waals surface area contributed by atoms with Gasteiger partial charge in [0.2, 0.25) is 0 Å². The van der Waals surface area contributed by atoms with Crippen molar-refractivity contribution < 1.29 is 18.1 Å². The Bertz CT molecular complexity index is 265. The second kappa shape index (κ2) is 4.06. The Kier molecular flexibility index (Phi) is 3.65. The van der Waals surface area contributed by atoms with Gasteiger partial charge in [0.1, 0.15) is 0 Å². The normalized spacial score (nSPS) is 14.5. The summed E-state index contributed by atoms with van der Waals surface area (Å²) >= 11 is 0. The number of hydrogen-bond donors (Lipinski definition) is 0. The predicted octanol–water partition coefficient (Wildman–Crippen LogP) is 2.68. The lowest BCUT2D eigenvalue weighted by atomic mass is 10.2. The lowest BCUT2D eigenvalue weighted by molar-refractivity contribution is -0.419. The Morgan fingerprint density at radius 1 is 1.46 bits per heavy atom. The third kappa shape index (κ3) is 3.73. The molecule has 0 aliphatic rings. The highest BCUT2D eigenvalue weighted by molar-refractivity contribution is 5.19. The van der Waals surface area contributed by atoms with Crippen LogP contribution in [0.5, 0.6) is 0 Å². The SMILES string of the molecule is CC=C(C=C(C)C(F)(F)F)[N+](=O)[O-]. The summed E-state index contributed by atoms with van der Waals surface area (Å²) in [7, 11) is 0. The molecule has 0 aromatic heterocycles. The van der Waals surface area contributed by atoms with Gasteiger partial charge in [-0.25, -0.2) is 0 Å². The van der Waals surface area contributed by atoms with Crippen molar-refractivity contribution in [3.63, 3.8) is 0 Å². The van der Waals surface area contributed by atoms with Crippen LogP contribution in [-0.2, 0) is 0 Å². The second-order valence-corrected chi connectivity index (χ2v) is 2.30. The average molecular weight is 195 g/mol. The molecule has 0 radical (unpaired) electrons. The summed E-state index contributed by atoms with van der Waals surface area (Å²) in [5, 5.41) is 10.1. The molecule has 0 heterocycles. The maximum Gasteiger partial charge on any atom is 0.412 e. The number of nitro groups is 1. The van der Waals surface area contributed by atoms with E-state index in [1.54, 1.807) is 0 Å². The van der Waals surface area contributed by atoms with Gasteiger partial charge in [0.05, 0.1) is 4.92 Å². The summed E-state index contributed by atoms with van der Waals surface area (Å²) in [5.41, 5.74) is -1.55. The highest BCUT2D eigenvalue weighted by Crippen LogP contribution is 2.25. The van der Waals surface area contributed by atoms with Crippen LogP contribution in [0.2, 0.25) is 0 Å². The molecule has 0 N–H and O–H groups in total. The van der Waals surface area contributed by atoms with E-state index in [2.05, 4.69) is 0 Å². The highest BCUT2D eigenvalue weighted by atomic mass is 19.4. The van der Waals surface area contributed by atoms with Crippen molar-refractivity contribution in [2.45, 2.75) is 20.0 Å². The molecular formula is C7H8F3NO2. The lowest BCUT2D eigenvalue weighted by Gasteiger charge is -2.04. The third-order valence-electron chi connectivity index (χ3n) is 1.32. The number of alkyl halides is 3. The lowest BCUT2D eigenvalue weighted by Crippen LogP contribution is -2.10. The van der Waals surface area contributed by atoms with Crippen molar-refractivity contribution in [3.8, 4) is 0 Å². The van der Waals surface area contributed by atoms with Crippen molar-refractivity contribution in [2.75, 3.05) is 0 Å². The smallest absolute Gasteiger partial charge is 0.258 e. The summed E-state index contributed by atoms with van der Waals surface area (Å²) in [6, 6.07) is 0. The summed E-state index contributed by atoms with van der Waals surface area (Å²) in [4.78, 5) is 9.25. The number of rotatable bonds is 2. The molecule has 0 amide bonds. The topological polar surface area (TPSA) is 43.1 Å². The van der Waals surface area contributed by atoms with Gasteiger partial charge in [-0.2, -0.15) is 13.2 Å². The van der Waals surface area contributed by atoms with Crippen molar-refractivity contribution in [3.05, 3.63) is 33.5 Å². The fourth-order valence-electron chi connectivity index (χ4n) is 0.545. The molecule has 74 valence electrons. The summed E-state index contributed by atoms with van der Waals surface area (Å²) in [5.74, 6) is 0. The van der Waals surface area contributed by atoms with E-state index < -0.39 is 22.4 Å². The van der Waals surface area contributed by atoms with E-state index in [0.717, 1.165) is 13.0 Å². The molecule has 0 unspecified atom stereocenters. The molecule has 0 spiro atoms. The molecule has 13 heavy (non-hydrogen) atoms. The van der Waals surface area contributed by atoms with Crippen LogP contribution in [0.15, 0.2) is 23.4 Å². The number of nitrogens with zero attached hydrogens (tertiary/aromatic N) is 1. The molecule has 6 heteroatoms. The Morgan fingerprint density at radius 2 is 1.92 bits per heavy atom. The van der Waals surface area contributed by atoms with Gasteiger partial charge in [-0.15, -0.1) is 0 Å². The van der Waals surface area contributed by atoms with Crippen LogP contribution in [0.1, 0.15) is 13.8 Å². The molecule has 0 rings (SSSR count). The van der Waals surface area contributed by atoms with Gasteiger partial charge in [0.15, 0.2) is 0 Å². The minimum atomic E-state index is -4.51. The van der Waals surface area contributed by atoms with Crippen molar-refractivity contribution in [1.82, 2.24) is 0 Å². The standard InChI is InChI=1S/C7H8F3NO2/c1-3-6(11(12)13)4-5(2)7(8,9)10/h3-4H,1-2H3. The summed E-state index contributed by atoms with van der Waals surface area (Å²) in [6.45, 7) is 2.09. The minimum Gasteiger partial charge on any atom is -0.258 e. The molecule has 0 aliphatic heterocycles. The molecular weight excluding hydrogens is 187 g/mol. The van der Waals surface area contributed by atoms with Gasteiger partial charge < -0.3 is 0 Å². The average Bonchev–Trinajstić information content (AvgIpc) is 1.96. The Morgan fingerprint density at radius 3 is 2.15 bits per heavy atom. The monoisotopic (exact) mass is 195 g/mol. The third-order valence-corrected chi connectivity index (χ3v) is 1.32. The molecule has 0 saturated carbocycles. The zero-order valence-electron chi connectivity index (χ0n) is 7.05. The van der Waals surface area contributed by atoms with Crippen LogP contribution in [0, 0.1) is 10.1 Å². The van der Waals surface area contributed by atoms with E-state index in [1.165, 1.54) is 6.92 Å². The summed E-state index contributed by atoms with van der Waals surface area (Å²) < 4.78 is 35.7. The van der Waals surface area contributed by atoms with Crippen LogP contribution in [0.4, 0.5) is 13.2 Å². The van der Waals surface area contributed by atoms with Crippen molar-refractivity contribution in [2.24, 2.45) is 0 Å². The van der Waals surface area contributed by atoms with Gasteiger partial charge in [0.25, 0.3) is 5.70 Å². The molecule has 0 atom stereocenters. The predicted molar refractivity (Wildman–Crippen MR) is 40.6 cm³/mol. The molecule has 0 aromatic carbocycles. The minimum absolute atomic E-state index is 0.500. The molecule has 0 aliphatic carbocycles. The highest BCUT2D eigenvalue weighted by Gasteiger charge is 2.31. The Balaban J connectivity index is 4.85. The van der Waals surface area contributed by atoms with Crippen LogP contribution >= 0.6 is 0 Å². The summed E-state index contributed by atoms with van der Waals surface area (Å²) in [6.07, 6.45) is -3.00. The van der Waals surface area contributed by atoms with Gasteiger partial charge in [-0.05, 0) is 19.9 Å². The van der Waals surface area contributed by atoms with Gasteiger partial charge in [-0.3, -0.25) is 10.1 Å². The Hall–Kier alpha value is -1.33. The van der Waals surface area contributed by atoms with Crippen LogP contribution in [0.25, 0.3) is 0 Å². The largest absolute Gasteiger partial charge is 0.412 e. The van der Waals surface area contributed by atoms with E-state index in [-0.39, 0.29) is 0 Å². The Labute approximate surface area is 72.7 Å². The van der Waals surface area contributed by atoms with Gasteiger partial charge >= 0.3 is 6.18 Å². The molecule has 0 saturated heterocycles. The molecule has 0 fully saturated rings. The first-order valence-corrected chi connectivity index (χ1v) is 3.35. The number of allylic oxidation sites excluding steroid dienone is 3. The van der Waals surface area contributed by atoms with E-state index in [1.807, 2.05) is 0 Å². The van der Waals surface area contributed by atoms with E-state index in [9.17, 15) is 23.3 Å². The van der Waals surface area contributed by atoms with E-state index in [4.69, 9.17) is 0 Å². The molecule has 0 aromatic rings. The van der Waals surface area contributed by atoms with E-state index >= 15 is 0 Å². The van der Waals surface area contributed by atoms with Crippen LogP contribution < -0.4 is 0 Å². The number of halogens is 3. The first kappa shape index (κ1) is 11.7. The fraction of sp³-hybridized carbons (Fsp3) is 0.429. The van der Waals surface area contributed by atoms with E-state index in [0.29, 0.717) is 6.08 Å².